The second-order valence-corrected chi connectivity index (χ2v) is 5.78. The van der Waals surface area contributed by atoms with Crippen LogP contribution in [-0.4, -0.2) is 11.8 Å². The molecule has 0 radical (unpaired) electrons. The first-order valence-corrected chi connectivity index (χ1v) is 7.12. The predicted octanol–water partition coefficient (Wildman–Crippen LogP) is 3.98. The molecule has 84 valence electrons. The monoisotopic (exact) mass is 287 g/mol. The Morgan fingerprint density at radius 3 is 2.60 bits per heavy atom. The van der Waals surface area contributed by atoms with E-state index in [0.29, 0.717) is 5.25 Å². The Labute approximate surface area is 105 Å². The highest BCUT2D eigenvalue weighted by atomic mass is 79.9. The van der Waals surface area contributed by atoms with Gasteiger partial charge in [0.05, 0.1) is 0 Å². The molecule has 0 heterocycles. The predicted molar refractivity (Wildman–Crippen MR) is 73.3 cm³/mol. The van der Waals surface area contributed by atoms with Gasteiger partial charge in [0, 0.05) is 15.8 Å². The Bertz CT molecular complexity index is 301. The van der Waals surface area contributed by atoms with E-state index >= 15 is 0 Å². The molecule has 15 heavy (non-hydrogen) atoms. The summed E-state index contributed by atoms with van der Waals surface area (Å²) in [7, 11) is 0. The van der Waals surface area contributed by atoms with Crippen LogP contribution in [0.15, 0.2) is 28.7 Å². The summed E-state index contributed by atoms with van der Waals surface area (Å²) in [4.78, 5) is 0. The molecule has 0 fully saturated rings. The number of rotatable bonds is 5. The first-order valence-electron chi connectivity index (χ1n) is 5.28. The van der Waals surface area contributed by atoms with Crippen molar-refractivity contribution in [2.45, 2.75) is 31.6 Å². The first-order chi connectivity index (χ1) is 7.16. The van der Waals surface area contributed by atoms with Crippen LogP contribution in [0.1, 0.15) is 31.1 Å². The van der Waals surface area contributed by atoms with Crippen LogP contribution in [0, 0.1) is 0 Å². The lowest BCUT2D eigenvalue weighted by Gasteiger charge is -2.21. The summed E-state index contributed by atoms with van der Waals surface area (Å²) in [6.07, 6.45) is 1.19. The number of hydrogen-bond donors (Lipinski definition) is 1. The Kier molecular flexibility index (Phi) is 5.72. The summed E-state index contributed by atoms with van der Waals surface area (Å²) in [5.41, 5.74) is 7.35. The fraction of sp³-hybridized carbons (Fsp3) is 0.500. The van der Waals surface area contributed by atoms with Gasteiger partial charge in [0.25, 0.3) is 0 Å². The van der Waals surface area contributed by atoms with Crippen LogP contribution in [0.2, 0.25) is 0 Å². The van der Waals surface area contributed by atoms with E-state index in [0.717, 1.165) is 10.2 Å². The second kappa shape index (κ2) is 6.56. The Morgan fingerprint density at radius 1 is 1.40 bits per heavy atom. The van der Waals surface area contributed by atoms with Crippen molar-refractivity contribution in [2.75, 3.05) is 5.75 Å². The van der Waals surface area contributed by atoms with Gasteiger partial charge < -0.3 is 5.73 Å². The molecule has 3 heteroatoms. The van der Waals surface area contributed by atoms with E-state index in [1.54, 1.807) is 0 Å². The molecule has 1 aromatic carbocycles. The van der Waals surface area contributed by atoms with Crippen LogP contribution in [0.3, 0.4) is 0 Å². The Balaban J connectivity index is 2.84. The van der Waals surface area contributed by atoms with Crippen molar-refractivity contribution in [1.29, 1.82) is 0 Å². The zero-order valence-corrected chi connectivity index (χ0v) is 11.6. The fourth-order valence-corrected chi connectivity index (χ4v) is 3.34. The van der Waals surface area contributed by atoms with Crippen LogP contribution in [0.5, 0.6) is 0 Å². The molecule has 0 bridgehead atoms. The molecule has 0 spiro atoms. The molecule has 2 atom stereocenters. The molecule has 0 aromatic heterocycles. The summed E-state index contributed by atoms with van der Waals surface area (Å²) < 4.78 is 1.16. The summed E-state index contributed by atoms with van der Waals surface area (Å²) in [5.74, 6) is 1.16. The van der Waals surface area contributed by atoms with Crippen LogP contribution >= 0.6 is 27.7 Å². The van der Waals surface area contributed by atoms with E-state index in [1.807, 2.05) is 17.8 Å². The third-order valence-corrected chi connectivity index (χ3v) is 4.60. The second-order valence-electron chi connectivity index (χ2n) is 3.67. The van der Waals surface area contributed by atoms with Gasteiger partial charge in [-0.3, -0.25) is 0 Å². The maximum absolute atomic E-state index is 6.04. The topological polar surface area (TPSA) is 26.0 Å². The number of hydrogen-bond acceptors (Lipinski definition) is 2. The summed E-state index contributed by atoms with van der Waals surface area (Å²) in [5, 5.41) is 0.389. The lowest BCUT2D eigenvalue weighted by Crippen LogP contribution is -2.23. The Morgan fingerprint density at radius 2 is 2.07 bits per heavy atom. The van der Waals surface area contributed by atoms with Crippen molar-refractivity contribution in [3.05, 3.63) is 34.3 Å². The van der Waals surface area contributed by atoms with Gasteiger partial charge in [0.1, 0.15) is 0 Å². The van der Waals surface area contributed by atoms with Crippen molar-refractivity contribution in [3.8, 4) is 0 Å². The van der Waals surface area contributed by atoms with Gasteiger partial charge in [0.15, 0.2) is 0 Å². The van der Waals surface area contributed by atoms with Gasteiger partial charge in [-0.2, -0.15) is 11.8 Å². The number of nitrogens with two attached hydrogens (primary N) is 1. The molecule has 0 aliphatic heterocycles. The first kappa shape index (κ1) is 13.1. The summed E-state index contributed by atoms with van der Waals surface area (Å²) in [6.45, 7) is 4.28. The summed E-state index contributed by atoms with van der Waals surface area (Å²) in [6, 6.07) is 8.52. The van der Waals surface area contributed by atoms with Crippen molar-refractivity contribution in [2.24, 2.45) is 5.73 Å². The zero-order valence-electron chi connectivity index (χ0n) is 9.24. The molecule has 0 saturated heterocycles. The van der Waals surface area contributed by atoms with E-state index in [2.05, 4.69) is 48.0 Å². The molecule has 1 nitrogen and oxygen atoms in total. The van der Waals surface area contributed by atoms with Gasteiger partial charge in [-0.15, -0.1) is 0 Å². The minimum Gasteiger partial charge on any atom is -0.327 e. The van der Waals surface area contributed by atoms with Gasteiger partial charge in [0.2, 0.25) is 0 Å². The highest BCUT2D eigenvalue weighted by molar-refractivity contribution is 9.10. The average Bonchev–Trinajstić information content (AvgIpc) is 2.20. The average molecular weight is 288 g/mol. The third-order valence-electron chi connectivity index (χ3n) is 2.19. The van der Waals surface area contributed by atoms with E-state index < -0.39 is 0 Å². The van der Waals surface area contributed by atoms with Gasteiger partial charge in [-0.1, -0.05) is 41.1 Å². The van der Waals surface area contributed by atoms with Crippen LogP contribution in [0.25, 0.3) is 0 Å². The molecule has 0 aliphatic carbocycles. The van der Waals surface area contributed by atoms with Crippen LogP contribution < -0.4 is 5.73 Å². The van der Waals surface area contributed by atoms with Gasteiger partial charge in [-0.25, -0.2) is 0 Å². The van der Waals surface area contributed by atoms with Crippen molar-refractivity contribution in [3.63, 3.8) is 0 Å². The number of benzene rings is 1. The molecule has 2 unspecified atom stereocenters. The SMILES string of the molecule is CCCSC(c1ccccc1Br)C(C)N. The number of thioether (sulfide) groups is 1. The minimum atomic E-state index is 0.181. The smallest absolute Gasteiger partial charge is 0.0456 e. The van der Waals surface area contributed by atoms with Crippen molar-refractivity contribution in [1.82, 2.24) is 0 Å². The normalized spacial score (nSPS) is 14.9. The highest BCUT2D eigenvalue weighted by Crippen LogP contribution is 2.35. The van der Waals surface area contributed by atoms with Gasteiger partial charge in [-0.05, 0) is 30.7 Å². The maximum atomic E-state index is 6.04. The van der Waals surface area contributed by atoms with Crippen molar-refractivity contribution >= 4 is 27.7 Å². The van der Waals surface area contributed by atoms with Gasteiger partial charge >= 0.3 is 0 Å². The number of halogens is 1. The van der Waals surface area contributed by atoms with E-state index in [4.69, 9.17) is 5.73 Å². The quantitative estimate of drug-likeness (QED) is 0.887. The van der Waals surface area contributed by atoms with E-state index in [-0.39, 0.29) is 6.04 Å². The molecular formula is C12H18BrNS. The standard InChI is InChI=1S/C12H18BrNS/c1-3-8-15-12(9(2)14)10-6-4-5-7-11(10)13/h4-7,9,12H,3,8,14H2,1-2H3. The maximum Gasteiger partial charge on any atom is 0.0456 e. The van der Waals surface area contributed by atoms with E-state index in [9.17, 15) is 0 Å². The highest BCUT2D eigenvalue weighted by Gasteiger charge is 2.18. The molecule has 1 rings (SSSR count). The third kappa shape index (κ3) is 3.82. The lowest BCUT2D eigenvalue weighted by atomic mass is 10.1. The molecular weight excluding hydrogens is 270 g/mol. The summed E-state index contributed by atoms with van der Waals surface area (Å²) >= 11 is 5.53. The lowest BCUT2D eigenvalue weighted by molar-refractivity contribution is 0.718. The largest absolute Gasteiger partial charge is 0.327 e. The molecule has 1 aromatic rings. The van der Waals surface area contributed by atoms with Crippen molar-refractivity contribution < 1.29 is 0 Å². The zero-order chi connectivity index (χ0) is 11.3. The minimum absolute atomic E-state index is 0.181. The molecule has 0 aliphatic rings. The molecule has 2 N–H and O–H groups in total. The Hall–Kier alpha value is 0.01000. The van der Waals surface area contributed by atoms with Crippen LogP contribution in [-0.2, 0) is 0 Å². The fourth-order valence-electron chi connectivity index (χ4n) is 1.48. The van der Waals surface area contributed by atoms with E-state index in [1.165, 1.54) is 12.0 Å². The van der Waals surface area contributed by atoms with Crippen LogP contribution in [0.4, 0.5) is 0 Å². The molecule has 0 amide bonds. The molecule has 0 saturated carbocycles.